The minimum Gasteiger partial charge on any atom is -0.481 e. The number of benzene rings is 2. The molecule has 4 rings (SSSR count). The van der Waals surface area contributed by atoms with E-state index < -0.39 is 17.8 Å². The molecule has 1 N–H and O–H groups in total. The van der Waals surface area contributed by atoms with Gasteiger partial charge >= 0.3 is 0 Å². The number of halogens is 1. The summed E-state index contributed by atoms with van der Waals surface area (Å²) in [5, 5.41) is 12.9. The second-order valence-electron chi connectivity index (χ2n) is 7.81. The maximum Gasteiger partial charge on any atom is 0.280 e. The number of ether oxygens (including phenoxy) is 1. The molecule has 4 aromatic rings. The SMILES string of the molecule is Cc1c(/C=N/NC(=O)C(C)Oc2ccc(C#N)cc2)c2ccccn2c1C(=O)c1ccc(F)cc1. The van der Waals surface area contributed by atoms with Gasteiger partial charge in [0, 0.05) is 17.3 Å². The minimum atomic E-state index is -0.831. The number of hydrogen-bond acceptors (Lipinski definition) is 5. The van der Waals surface area contributed by atoms with Crippen molar-refractivity contribution >= 4 is 23.4 Å². The molecule has 0 saturated carbocycles. The molecule has 1 amide bonds. The van der Waals surface area contributed by atoms with E-state index in [1.165, 1.54) is 30.5 Å². The number of hydrogen-bond donors (Lipinski definition) is 1. The molecule has 0 fully saturated rings. The average Bonchev–Trinajstić information content (AvgIpc) is 3.15. The van der Waals surface area contributed by atoms with E-state index in [9.17, 15) is 14.0 Å². The van der Waals surface area contributed by atoms with Crippen molar-refractivity contribution in [2.45, 2.75) is 20.0 Å². The van der Waals surface area contributed by atoms with E-state index in [1.54, 1.807) is 54.8 Å². The van der Waals surface area contributed by atoms with Crippen molar-refractivity contribution < 1.29 is 18.7 Å². The van der Waals surface area contributed by atoms with E-state index in [4.69, 9.17) is 10.00 Å². The van der Waals surface area contributed by atoms with Crippen LogP contribution in [0.5, 0.6) is 5.75 Å². The number of fused-ring (bicyclic) bond motifs is 1. The van der Waals surface area contributed by atoms with Crippen LogP contribution in [0, 0.1) is 24.1 Å². The Bertz CT molecular complexity index is 1470. The standard InChI is InChI=1S/C27H21FN4O3/c1-17-23(16-30-31-27(34)18(2)35-22-12-6-19(15-29)7-13-22)24-5-3-4-14-32(24)25(17)26(33)20-8-10-21(28)11-9-20/h3-14,16,18H,1-2H3,(H,31,34)/b30-16+. The zero-order valence-electron chi connectivity index (χ0n) is 19.0. The molecule has 35 heavy (non-hydrogen) atoms. The predicted octanol–water partition coefficient (Wildman–Crippen LogP) is 4.41. The Labute approximate surface area is 201 Å². The van der Waals surface area contributed by atoms with Gasteiger partial charge in [-0.3, -0.25) is 9.59 Å². The summed E-state index contributed by atoms with van der Waals surface area (Å²) < 4.78 is 20.7. The molecule has 0 bridgehead atoms. The van der Waals surface area contributed by atoms with Crippen molar-refractivity contribution in [3.05, 3.63) is 107 Å². The lowest BCUT2D eigenvalue weighted by Gasteiger charge is -2.12. The fraction of sp³-hybridized carbons (Fsp3) is 0.111. The van der Waals surface area contributed by atoms with Gasteiger partial charge in [-0.15, -0.1) is 0 Å². The Morgan fingerprint density at radius 3 is 2.51 bits per heavy atom. The van der Waals surface area contributed by atoms with Crippen LogP contribution in [0.1, 0.15) is 39.7 Å². The number of aromatic nitrogens is 1. The molecule has 0 aliphatic heterocycles. The predicted molar refractivity (Wildman–Crippen MR) is 129 cm³/mol. The Morgan fingerprint density at radius 1 is 1.11 bits per heavy atom. The van der Waals surface area contributed by atoms with Crippen molar-refractivity contribution in [1.29, 1.82) is 5.26 Å². The summed E-state index contributed by atoms with van der Waals surface area (Å²) in [5.41, 5.74) is 5.81. The first-order chi connectivity index (χ1) is 16.9. The molecule has 0 spiro atoms. The number of carbonyl (C=O) groups excluding carboxylic acids is 2. The second-order valence-corrected chi connectivity index (χ2v) is 7.81. The smallest absolute Gasteiger partial charge is 0.280 e. The van der Waals surface area contributed by atoms with Gasteiger partial charge in [0.05, 0.1) is 29.1 Å². The van der Waals surface area contributed by atoms with Gasteiger partial charge in [-0.1, -0.05) is 6.07 Å². The molecule has 0 saturated heterocycles. The lowest BCUT2D eigenvalue weighted by atomic mass is 10.0. The number of hydrazone groups is 1. The van der Waals surface area contributed by atoms with Crippen molar-refractivity contribution in [1.82, 2.24) is 9.83 Å². The van der Waals surface area contributed by atoms with Crippen molar-refractivity contribution in [3.63, 3.8) is 0 Å². The molecule has 2 aromatic carbocycles. The Balaban J connectivity index is 1.54. The van der Waals surface area contributed by atoms with Gasteiger partial charge in [0.1, 0.15) is 11.6 Å². The van der Waals surface area contributed by atoms with Crippen LogP contribution in [0.2, 0.25) is 0 Å². The molecule has 0 aliphatic carbocycles. The lowest BCUT2D eigenvalue weighted by Crippen LogP contribution is -2.33. The summed E-state index contributed by atoms with van der Waals surface area (Å²) >= 11 is 0. The fourth-order valence-electron chi connectivity index (χ4n) is 3.66. The normalized spacial score (nSPS) is 11.8. The van der Waals surface area contributed by atoms with E-state index in [0.717, 1.165) is 5.52 Å². The van der Waals surface area contributed by atoms with Gasteiger partial charge in [0.2, 0.25) is 5.78 Å². The molecule has 0 radical (unpaired) electrons. The van der Waals surface area contributed by atoms with Crippen LogP contribution in [-0.2, 0) is 4.79 Å². The van der Waals surface area contributed by atoms with E-state index in [-0.39, 0.29) is 5.78 Å². The van der Waals surface area contributed by atoms with Crippen LogP contribution in [0.25, 0.3) is 5.52 Å². The van der Waals surface area contributed by atoms with Gasteiger partial charge in [-0.05, 0) is 80.1 Å². The first-order valence-corrected chi connectivity index (χ1v) is 10.8. The number of nitrogens with one attached hydrogen (secondary N) is 1. The van der Waals surface area contributed by atoms with Gasteiger partial charge < -0.3 is 9.14 Å². The van der Waals surface area contributed by atoms with Crippen LogP contribution < -0.4 is 10.2 Å². The average molecular weight is 468 g/mol. The summed E-state index contributed by atoms with van der Waals surface area (Å²) in [6, 6.07) is 19.3. The molecule has 2 heterocycles. The van der Waals surface area contributed by atoms with Crippen LogP contribution >= 0.6 is 0 Å². The molecule has 2 aromatic heterocycles. The highest BCUT2D eigenvalue weighted by molar-refractivity contribution is 6.12. The summed E-state index contributed by atoms with van der Waals surface area (Å²) in [6.45, 7) is 3.38. The monoisotopic (exact) mass is 468 g/mol. The van der Waals surface area contributed by atoms with Crippen molar-refractivity contribution in [2.24, 2.45) is 5.10 Å². The quantitative estimate of drug-likeness (QED) is 0.247. The van der Waals surface area contributed by atoms with Crippen LogP contribution in [0.3, 0.4) is 0 Å². The first-order valence-electron chi connectivity index (χ1n) is 10.8. The molecule has 1 unspecified atom stereocenters. The van der Waals surface area contributed by atoms with Crippen molar-refractivity contribution in [3.8, 4) is 11.8 Å². The van der Waals surface area contributed by atoms with Gasteiger partial charge in [0.25, 0.3) is 5.91 Å². The lowest BCUT2D eigenvalue weighted by molar-refractivity contribution is -0.127. The Kier molecular flexibility index (Phi) is 6.69. The third-order valence-corrected chi connectivity index (χ3v) is 5.49. The Hall–Kier alpha value is -4.77. The van der Waals surface area contributed by atoms with Gasteiger partial charge in [-0.25, -0.2) is 9.82 Å². The van der Waals surface area contributed by atoms with E-state index in [2.05, 4.69) is 10.5 Å². The van der Waals surface area contributed by atoms with E-state index in [1.807, 2.05) is 18.2 Å². The third kappa shape index (κ3) is 4.94. The van der Waals surface area contributed by atoms with Crippen LogP contribution in [0.15, 0.2) is 78.0 Å². The number of nitrogens with zero attached hydrogens (tertiary/aromatic N) is 3. The third-order valence-electron chi connectivity index (χ3n) is 5.49. The zero-order chi connectivity index (χ0) is 24.9. The number of carbonyl (C=O) groups is 2. The number of rotatable bonds is 7. The first kappa shape index (κ1) is 23.4. The largest absolute Gasteiger partial charge is 0.481 e. The topological polar surface area (TPSA) is 96.0 Å². The van der Waals surface area contributed by atoms with Gasteiger partial charge in [-0.2, -0.15) is 10.4 Å². The van der Waals surface area contributed by atoms with Crippen LogP contribution in [0.4, 0.5) is 4.39 Å². The molecule has 174 valence electrons. The highest BCUT2D eigenvalue weighted by atomic mass is 19.1. The molecule has 0 aliphatic rings. The summed E-state index contributed by atoms with van der Waals surface area (Å²) in [6.07, 6.45) is 2.42. The second kappa shape index (κ2) is 10.0. The highest BCUT2D eigenvalue weighted by Gasteiger charge is 2.21. The molecule has 1 atom stereocenters. The summed E-state index contributed by atoms with van der Waals surface area (Å²) in [5.74, 6) is -0.681. The summed E-state index contributed by atoms with van der Waals surface area (Å²) in [7, 11) is 0. The van der Waals surface area contributed by atoms with E-state index >= 15 is 0 Å². The molecular formula is C27H21FN4O3. The fourth-order valence-corrected chi connectivity index (χ4v) is 3.66. The number of nitriles is 1. The van der Waals surface area contributed by atoms with Crippen molar-refractivity contribution in [2.75, 3.05) is 0 Å². The number of pyridine rings is 1. The number of ketones is 1. The molecule has 7 nitrogen and oxygen atoms in total. The molecule has 8 heteroatoms. The summed E-state index contributed by atoms with van der Waals surface area (Å²) in [4.78, 5) is 25.6. The minimum absolute atomic E-state index is 0.253. The zero-order valence-corrected chi connectivity index (χ0v) is 19.0. The molecular weight excluding hydrogens is 447 g/mol. The maximum absolute atomic E-state index is 13.3. The number of amides is 1. The van der Waals surface area contributed by atoms with Gasteiger partial charge in [0.15, 0.2) is 6.10 Å². The van der Waals surface area contributed by atoms with E-state index in [0.29, 0.717) is 33.7 Å². The maximum atomic E-state index is 13.3. The Morgan fingerprint density at radius 2 is 1.83 bits per heavy atom. The van der Waals surface area contributed by atoms with Crippen LogP contribution in [-0.4, -0.2) is 28.4 Å². The highest BCUT2D eigenvalue weighted by Crippen LogP contribution is 2.24.